The van der Waals surface area contributed by atoms with E-state index in [9.17, 15) is 13.6 Å². The molecule has 2 aromatic rings. The molecule has 3 rings (SSSR count). The predicted molar refractivity (Wildman–Crippen MR) is 82.9 cm³/mol. The maximum atomic E-state index is 13.6. The fourth-order valence-corrected chi connectivity index (χ4v) is 3.69. The summed E-state index contributed by atoms with van der Waals surface area (Å²) in [5.41, 5.74) is -0.376. The Morgan fingerprint density at radius 3 is 2.73 bits per heavy atom. The number of rotatable bonds is 4. The van der Waals surface area contributed by atoms with Gasteiger partial charge in [-0.1, -0.05) is 12.1 Å². The molecule has 1 aliphatic rings. The summed E-state index contributed by atoms with van der Waals surface area (Å²) >= 11 is 1.67. The summed E-state index contributed by atoms with van der Waals surface area (Å²) in [6.45, 7) is 0.950. The van der Waals surface area contributed by atoms with Crippen LogP contribution in [0.2, 0.25) is 0 Å². The van der Waals surface area contributed by atoms with E-state index in [0.29, 0.717) is 0 Å². The zero-order valence-electron chi connectivity index (χ0n) is 11.9. The van der Waals surface area contributed by atoms with E-state index in [0.717, 1.165) is 31.5 Å². The molecule has 0 radical (unpaired) electrons. The third-order valence-electron chi connectivity index (χ3n) is 3.81. The molecule has 3 nitrogen and oxygen atoms in total. The Hall–Kier alpha value is -1.79. The molecule has 0 aliphatic carbocycles. The lowest BCUT2D eigenvalue weighted by atomic mass is 10.2. The lowest BCUT2D eigenvalue weighted by Gasteiger charge is -2.23. The number of amides is 1. The molecule has 0 unspecified atom stereocenters. The maximum Gasteiger partial charge on any atom is 0.238 e. The SMILES string of the molecule is O=C(CN1CCC[C@H]1c1cccs1)Nc1c(F)cccc1F. The van der Waals surface area contributed by atoms with Gasteiger partial charge in [-0.25, -0.2) is 8.78 Å². The fourth-order valence-electron chi connectivity index (χ4n) is 2.80. The van der Waals surface area contributed by atoms with E-state index >= 15 is 0 Å². The molecule has 0 bridgehead atoms. The monoisotopic (exact) mass is 322 g/mol. The van der Waals surface area contributed by atoms with Crippen molar-refractivity contribution in [3.8, 4) is 0 Å². The van der Waals surface area contributed by atoms with Gasteiger partial charge in [0.05, 0.1) is 6.54 Å². The van der Waals surface area contributed by atoms with E-state index in [4.69, 9.17) is 0 Å². The number of anilines is 1. The molecular formula is C16H16F2N2OS. The molecule has 1 aromatic carbocycles. The number of para-hydroxylation sites is 1. The molecule has 1 saturated heterocycles. The van der Waals surface area contributed by atoms with Crippen LogP contribution in [0.1, 0.15) is 23.8 Å². The number of carbonyl (C=O) groups excluding carboxylic acids is 1. The van der Waals surface area contributed by atoms with Gasteiger partial charge in [-0.3, -0.25) is 9.69 Å². The van der Waals surface area contributed by atoms with Crippen LogP contribution in [-0.4, -0.2) is 23.9 Å². The van der Waals surface area contributed by atoms with E-state index in [-0.39, 0.29) is 18.3 Å². The van der Waals surface area contributed by atoms with Crippen LogP contribution < -0.4 is 5.32 Å². The Morgan fingerprint density at radius 2 is 2.05 bits per heavy atom. The van der Waals surface area contributed by atoms with Gasteiger partial charge in [0.25, 0.3) is 0 Å². The van der Waals surface area contributed by atoms with Crippen LogP contribution in [0, 0.1) is 11.6 Å². The van der Waals surface area contributed by atoms with Crippen molar-refractivity contribution in [2.45, 2.75) is 18.9 Å². The average Bonchev–Trinajstić information content (AvgIpc) is 3.13. The van der Waals surface area contributed by atoms with E-state index < -0.39 is 17.5 Å². The third kappa shape index (κ3) is 3.18. The first-order chi connectivity index (χ1) is 10.6. The fraction of sp³-hybridized carbons (Fsp3) is 0.312. The van der Waals surface area contributed by atoms with Crippen LogP contribution in [0.4, 0.5) is 14.5 Å². The van der Waals surface area contributed by atoms with Gasteiger partial charge in [-0.15, -0.1) is 11.3 Å². The number of thiophene rings is 1. The standard InChI is InChI=1S/C16H16F2N2OS/c17-11-4-1-5-12(18)16(11)19-15(21)10-20-8-2-6-13(20)14-7-3-9-22-14/h1,3-5,7,9,13H,2,6,8,10H2,(H,19,21)/t13-/m0/s1. The first kappa shape index (κ1) is 15.1. The first-order valence-electron chi connectivity index (χ1n) is 7.16. The second-order valence-corrected chi connectivity index (χ2v) is 6.27. The van der Waals surface area contributed by atoms with Crippen molar-refractivity contribution in [1.82, 2.24) is 4.90 Å². The van der Waals surface area contributed by atoms with Crippen molar-refractivity contribution in [2.24, 2.45) is 0 Å². The lowest BCUT2D eigenvalue weighted by Crippen LogP contribution is -2.33. The Kier molecular flexibility index (Phi) is 4.49. The van der Waals surface area contributed by atoms with Gasteiger partial charge in [0.1, 0.15) is 17.3 Å². The smallest absolute Gasteiger partial charge is 0.238 e. The van der Waals surface area contributed by atoms with Gasteiger partial charge in [-0.05, 0) is 43.0 Å². The average molecular weight is 322 g/mol. The predicted octanol–water partition coefficient (Wildman–Crippen LogP) is 3.80. The molecule has 1 aliphatic heterocycles. The quantitative estimate of drug-likeness (QED) is 0.928. The molecule has 116 valence electrons. The molecular weight excluding hydrogens is 306 g/mol. The molecule has 0 saturated carbocycles. The van der Waals surface area contributed by atoms with Crippen molar-refractivity contribution in [3.05, 3.63) is 52.2 Å². The second kappa shape index (κ2) is 6.54. The van der Waals surface area contributed by atoms with Crippen molar-refractivity contribution >= 4 is 22.9 Å². The van der Waals surface area contributed by atoms with E-state index in [1.54, 1.807) is 11.3 Å². The van der Waals surface area contributed by atoms with Gasteiger partial charge in [0, 0.05) is 10.9 Å². The highest BCUT2D eigenvalue weighted by atomic mass is 32.1. The lowest BCUT2D eigenvalue weighted by molar-refractivity contribution is -0.117. The van der Waals surface area contributed by atoms with Crippen LogP contribution in [-0.2, 0) is 4.79 Å². The summed E-state index contributed by atoms with van der Waals surface area (Å²) in [4.78, 5) is 15.4. The van der Waals surface area contributed by atoms with E-state index in [1.165, 1.54) is 10.9 Å². The summed E-state index contributed by atoms with van der Waals surface area (Å²) < 4.78 is 27.1. The maximum absolute atomic E-state index is 13.6. The van der Waals surface area contributed by atoms with Crippen molar-refractivity contribution < 1.29 is 13.6 Å². The number of hydrogen-bond acceptors (Lipinski definition) is 3. The number of nitrogens with one attached hydrogen (secondary N) is 1. The van der Waals surface area contributed by atoms with Gasteiger partial charge < -0.3 is 5.32 Å². The summed E-state index contributed by atoms with van der Waals surface area (Å²) in [5, 5.41) is 4.36. The summed E-state index contributed by atoms with van der Waals surface area (Å²) in [7, 11) is 0. The second-order valence-electron chi connectivity index (χ2n) is 5.29. The van der Waals surface area contributed by atoms with Gasteiger partial charge in [-0.2, -0.15) is 0 Å². The van der Waals surface area contributed by atoms with Gasteiger partial charge in [0.2, 0.25) is 5.91 Å². The summed E-state index contributed by atoms with van der Waals surface area (Å²) in [6.07, 6.45) is 2.02. The molecule has 22 heavy (non-hydrogen) atoms. The molecule has 1 atom stereocenters. The van der Waals surface area contributed by atoms with Crippen LogP contribution in [0.3, 0.4) is 0 Å². The zero-order chi connectivity index (χ0) is 15.5. The minimum atomic E-state index is -0.760. The number of likely N-dealkylation sites (tertiary alicyclic amines) is 1. The van der Waals surface area contributed by atoms with Gasteiger partial charge in [0.15, 0.2) is 0 Å². The molecule has 6 heteroatoms. The van der Waals surface area contributed by atoms with Crippen LogP contribution >= 0.6 is 11.3 Å². The highest BCUT2D eigenvalue weighted by Crippen LogP contribution is 2.34. The largest absolute Gasteiger partial charge is 0.320 e. The number of nitrogens with zero attached hydrogens (tertiary/aromatic N) is 1. The minimum Gasteiger partial charge on any atom is -0.320 e. The van der Waals surface area contributed by atoms with Crippen molar-refractivity contribution in [3.63, 3.8) is 0 Å². The van der Waals surface area contributed by atoms with E-state index in [1.807, 2.05) is 11.4 Å². The highest BCUT2D eigenvalue weighted by molar-refractivity contribution is 7.10. The van der Waals surface area contributed by atoms with Gasteiger partial charge >= 0.3 is 0 Å². The number of halogens is 2. The number of benzene rings is 1. The molecule has 1 amide bonds. The van der Waals surface area contributed by atoms with Crippen LogP contribution in [0.25, 0.3) is 0 Å². The third-order valence-corrected chi connectivity index (χ3v) is 4.78. The minimum absolute atomic E-state index is 0.135. The Bertz CT molecular complexity index is 640. The van der Waals surface area contributed by atoms with Crippen LogP contribution in [0.5, 0.6) is 0 Å². The summed E-state index contributed by atoms with van der Waals surface area (Å²) in [5.74, 6) is -1.92. The molecule has 0 spiro atoms. The molecule has 1 fully saturated rings. The molecule has 2 heterocycles. The number of carbonyl (C=O) groups is 1. The molecule has 1 aromatic heterocycles. The highest BCUT2D eigenvalue weighted by Gasteiger charge is 2.28. The van der Waals surface area contributed by atoms with E-state index in [2.05, 4.69) is 16.3 Å². The topological polar surface area (TPSA) is 32.3 Å². The van der Waals surface area contributed by atoms with Crippen molar-refractivity contribution in [2.75, 3.05) is 18.4 Å². The molecule has 1 N–H and O–H groups in total. The Labute approximate surface area is 131 Å². The van der Waals surface area contributed by atoms with Crippen LogP contribution in [0.15, 0.2) is 35.7 Å². The normalized spacial score (nSPS) is 18.5. The number of hydrogen-bond donors (Lipinski definition) is 1. The Balaban J connectivity index is 1.67. The zero-order valence-corrected chi connectivity index (χ0v) is 12.7. The summed E-state index contributed by atoms with van der Waals surface area (Å²) in [6, 6.07) is 7.80. The first-order valence-corrected chi connectivity index (χ1v) is 8.04. The van der Waals surface area contributed by atoms with Crippen molar-refractivity contribution in [1.29, 1.82) is 0 Å². The Morgan fingerprint density at radius 1 is 1.27 bits per heavy atom.